The molecule has 3 fully saturated rings. The first-order valence-electron chi connectivity index (χ1n) is 11.3. The molecule has 1 radical (unpaired) electrons. The second-order valence-corrected chi connectivity index (χ2v) is 8.77. The number of morpholine rings is 1. The number of primary amides is 1. The van der Waals surface area contributed by atoms with Crippen LogP contribution in [0.2, 0.25) is 0 Å². The summed E-state index contributed by atoms with van der Waals surface area (Å²) < 4.78 is 5.33. The van der Waals surface area contributed by atoms with Gasteiger partial charge in [-0.05, 0) is 30.9 Å². The summed E-state index contributed by atoms with van der Waals surface area (Å²) in [5.41, 5.74) is 5.67. The summed E-state index contributed by atoms with van der Waals surface area (Å²) in [5, 5.41) is 0. The van der Waals surface area contributed by atoms with Gasteiger partial charge in [-0.1, -0.05) is 6.92 Å². The number of nitrogens with zero attached hydrogens (tertiary/aromatic N) is 5. The quantitative estimate of drug-likeness (QED) is 0.701. The number of rotatable bonds is 5. The van der Waals surface area contributed by atoms with E-state index in [0.717, 1.165) is 51.4 Å². The second-order valence-electron chi connectivity index (χ2n) is 8.77. The molecule has 0 bridgehead atoms. The molecule has 31 heavy (non-hydrogen) atoms. The molecule has 9 nitrogen and oxygen atoms in total. The van der Waals surface area contributed by atoms with Gasteiger partial charge < -0.3 is 25.2 Å². The molecule has 2 atom stereocenters. The number of carbonyl (C=O) groups excluding carboxylic acids is 2. The molecule has 4 rings (SSSR count). The lowest BCUT2D eigenvalue weighted by molar-refractivity contribution is -0.136. The summed E-state index contributed by atoms with van der Waals surface area (Å²) in [6.07, 6.45) is 1.77. The zero-order chi connectivity index (χ0) is 21.8. The third-order valence-electron chi connectivity index (χ3n) is 6.55. The SMILES string of the molecule is CC1CCN(c2[c]ccc(N3CCN(CC(=O)N4CCOCC4)CC3)n2)C(C(N)=O)C1. The Hall–Kier alpha value is -2.39. The van der Waals surface area contributed by atoms with Crippen LogP contribution in [0.4, 0.5) is 11.6 Å². The lowest BCUT2D eigenvalue weighted by Gasteiger charge is -2.39. The molecule has 3 saturated heterocycles. The van der Waals surface area contributed by atoms with E-state index in [1.54, 1.807) is 0 Å². The van der Waals surface area contributed by atoms with Crippen LogP contribution in [0.3, 0.4) is 0 Å². The number of ether oxygens (including phenoxy) is 1. The Balaban J connectivity index is 1.35. The summed E-state index contributed by atoms with van der Waals surface area (Å²) in [6, 6.07) is 6.71. The summed E-state index contributed by atoms with van der Waals surface area (Å²) >= 11 is 0. The molecule has 1 aromatic heterocycles. The Bertz CT molecular complexity index is 776. The minimum atomic E-state index is -0.328. The number of carbonyl (C=O) groups is 2. The highest BCUT2D eigenvalue weighted by atomic mass is 16.5. The molecular weight excluding hydrogens is 396 g/mol. The first-order chi connectivity index (χ1) is 15.0. The van der Waals surface area contributed by atoms with Crippen LogP contribution in [-0.2, 0) is 14.3 Å². The molecule has 0 saturated carbocycles. The minimum absolute atomic E-state index is 0.184. The summed E-state index contributed by atoms with van der Waals surface area (Å²) in [4.78, 5) is 37.7. The van der Waals surface area contributed by atoms with Crippen molar-refractivity contribution in [3.63, 3.8) is 0 Å². The number of nitrogens with two attached hydrogens (primary N) is 1. The van der Waals surface area contributed by atoms with Gasteiger partial charge in [0.25, 0.3) is 0 Å². The monoisotopic (exact) mass is 429 g/mol. The number of anilines is 2. The maximum Gasteiger partial charge on any atom is 0.240 e. The van der Waals surface area contributed by atoms with Crippen molar-refractivity contribution in [1.82, 2.24) is 14.8 Å². The number of aromatic nitrogens is 1. The average molecular weight is 430 g/mol. The van der Waals surface area contributed by atoms with E-state index in [9.17, 15) is 9.59 Å². The molecule has 2 amide bonds. The molecule has 1 aromatic rings. The highest BCUT2D eigenvalue weighted by molar-refractivity contribution is 5.83. The number of amides is 2. The topological polar surface area (TPSA) is 95.2 Å². The van der Waals surface area contributed by atoms with Crippen LogP contribution in [0.1, 0.15) is 19.8 Å². The number of pyridine rings is 1. The fourth-order valence-corrected chi connectivity index (χ4v) is 4.60. The third-order valence-corrected chi connectivity index (χ3v) is 6.55. The normalized spacial score (nSPS) is 25.5. The van der Waals surface area contributed by atoms with Crippen molar-refractivity contribution in [3.05, 3.63) is 18.2 Å². The van der Waals surface area contributed by atoms with Gasteiger partial charge in [-0.2, -0.15) is 0 Å². The molecule has 2 N–H and O–H groups in total. The summed E-state index contributed by atoms with van der Waals surface area (Å²) in [5.74, 6) is 1.94. The van der Waals surface area contributed by atoms with Crippen LogP contribution in [0.15, 0.2) is 12.1 Å². The van der Waals surface area contributed by atoms with Crippen LogP contribution < -0.4 is 15.5 Å². The molecule has 3 aliphatic rings. The van der Waals surface area contributed by atoms with Gasteiger partial charge in [0, 0.05) is 51.9 Å². The lowest BCUT2D eigenvalue weighted by Crippen LogP contribution is -2.52. The Kier molecular flexibility index (Phi) is 6.92. The van der Waals surface area contributed by atoms with E-state index >= 15 is 0 Å². The van der Waals surface area contributed by atoms with Crippen LogP contribution in [0.25, 0.3) is 0 Å². The van der Waals surface area contributed by atoms with Gasteiger partial charge in [-0.3, -0.25) is 14.5 Å². The fraction of sp³-hybridized carbons (Fsp3) is 0.682. The number of piperidine rings is 1. The Morgan fingerprint density at radius 3 is 2.61 bits per heavy atom. The number of hydrogen-bond donors (Lipinski definition) is 1. The zero-order valence-electron chi connectivity index (χ0n) is 18.3. The smallest absolute Gasteiger partial charge is 0.240 e. The van der Waals surface area contributed by atoms with E-state index < -0.39 is 0 Å². The van der Waals surface area contributed by atoms with Crippen molar-refractivity contribution in [2.24, 2.45) is 11.7 Å². The van der Waals surface area contributed by atoms with Crippen molar-refractivity contribution >= 4 is 23.5 Å². The van der Waals surface area contributed by atoms with E-state index in [4.69, 9.17) is 15.5 Å². The van der Waals surface area contributed by atoms with Crippen LogP contribution >= 0.6 is 0 Å². The second kappa shape index (κ2) is 9.82. The van der Waals surface area contributed by atoms with Gasteiger partial charge in [-0.25, -0.2) is 4.98 Å². The van der Waals surface area contributed by atoms with Gasteiger partial charge in [0.2, 0.25) is 11.8 Å². The molecular formula is C22H33N6O3. The highest BCUT2D eigenvalue weighted by Crippen LogP contribution is 2.28. The molecule has 0 spiro atoms. The van der Waals surface area contributed by atoms with E-state index in [1.807, 2.05) is 21.9 Å². The van der Waals surface area contributed by atoms with Gasteiger partial charge in [-0.15, -0.1) is 0 Å². The van der Waals surface area contributed by atoms with Crippen molar-refractivity contribution < 1.29 is 14.3 Å². The van der Waals surface area contributed by atoms with Crippen LogP contribution in [0.5, 0.6) is 0 Å². The van der Waals surface area contributed by atoms with Gasteiger partial charge in [0.15, 0.2) is 0 Å². The molecule has 0 aliphatic carbocycles. The molecule has 3 aliphatic heterocycles. The van der Waals surface area contributed by atoms with E-state index in [0.29, 0.717) is 44.6 Å². The highest BCUT2D eigenvalue weighted by Gasteiger charge is 2.32. The van der Waals surface area contributed by atoms with Crippen molar-refractivity contribution in [3.8, 4) is 0 Å². The van der Waals surface area contributed by atoms with E-state index in [-0.39, 0.29) is 17.9 Å². The van der Waals surface area contributed by atoms with Crippen LogP contribution in [-0.4, -0.2) is 98.2 Å². The summed E-state index contributed by atoms with van der Waals surface area (Å²) in [7, 11) is 0. The maximum atomic E-state index is 12.5. The first-order valence-corrected chi connectivity index (χ1v) is 11.3. The standard InChI is InChI=1S/C22H33N6O3/c1-17-5-6-28(18(15-17)22(23)30)20-4-2-3-19(24-20)26-9-7-25(8-10-26)16-21(29)27-11-13-31-14-12-27/h2-3,17-18H,5-16H2,1H3,(H2,23,30). The number of piperazine rings is 1. The summed E-state index contributed by atoms with van der Waals surface area (Å²) in [6.45, 7) is 9.27. The molecule has 9 heteroatoms. The van der Waals surface area contributed by atoms with E-state index in [2.05, 4.69) is 22.8 Å². The number of hydrogen-bond acceptors (Lipinski definition) is 7. The van der Waals surface area contributed by atoms with Gasteiger partial charge in [0.1, 0.15) is 17.7 Å². The first kappa shape index (κ1) is 21.8. The average Bonchev–Trinajstić information content (AvgIpc) is 2.80. The Morgan fingerprint density at radius 2 is 1.90 bits per heavy atom. The van der Waals surface area contributed by atoms with Crippen molar-refractivity contribution in [1.29, 1.82) is 0 Å². The fourth-order valence-electron chi connectivity index (χ4n) is 4.60. The maximum absolute atomic E-state index is 12.5. The molecule has 2 unspecified atom stereocenters. The Labute approximate surface area is 184 Å². The predicted octanol–water partition coefficient (Wildman–Crippen LogP) is -0.0472. The van der Waals surface area contributed by atoms with Gasteiger partial charge >= 0.3 is 0 Å². The molecule has 4 heterocycles. The van der Waals surface area contributed by atoms with Gasteiger partial charge in [0.05, 0.1) is 19.8 Å². The van der Waals surface area contributed by atoms with Crippen molar-refractivity contribution in [2.45, 2.75) is 25.8 Å². The van der Waals surface area contributed by atoms with Crippen LogP contribution in [0, 0.1) is 12.0 Å². The molecule has 169 valence electrons. The predicted molar refractivity (Wildman–Crippen MR) is 118 cm³/mol. The molecule has 0 aromatic carbocycles. The minimum Gasteiger partial charge on any atom is -0.378 e. The Morgan fingerprint density at radius 1 is 1.16 bits per heavy atom. The van der Waals surface area contributed by atoms with E-state index in [1.165, 1.54) is 0 Å². The zero-order valence-corrected chi connectivity index (χ0v) is 18.3. The largest absolute Gasteiger partial charge is 0.378 e. The third kappa shape index (κ3) is 5.27. The lowest BCUT2D eigenvalue weighted by atomic mass is 9.92. The van der Waals surface area contributed by atoms with Crippen molar-refractivity contribution in [2.75, 3.05) is 75.4 Å².